The van der Waals surface area contributed by atoms with Crippen molar-refractivity contribution in [1.82, 2.24) is 5.32 Å². The van der Waals surface area contributed by atoms with Crippen molar-refractivity contribution in [3.63, 3.8) is 0 Å². The summed E-state index contributed by atoms with van der Waals surface area (Å²) < 4.78 is 0. The maximum Gasteiger partial charge on any atom is 0.320 e. The van der Waals surface area contributed by atoms with E-state index in [0.717, 1.165) is 5.75 Å². The number of benzene rings is 1. The number of fused-ring (bicyclic) bond motifs is 1. The van der Waals surface area contributed by atoms with Crippen LogP contribution in [0, 0.1) is 0 Å². The second-order valence-electron chi connectivity index (χ2n) is 4.87. The van der Waals surface area contributed by atoms with E-state index in [9.17, 15) is 4.79 Å². The summed E-state index contributed by atoms with van der Waals surface area (Å²) in [5.74, 6) is 0.0827. The van der Waals surface area contributed by atoms with Gasteiger partial charge in [-0.15, -0.1) is 11.8 Å². The Bertz CT molecular complexity index is 448. The molecule has 0 saturated carbocycles. The maximum atomic E-state index is 11.0. The minimum atomic E-state index is -0.753. The average Bonchev–Trinajstić information content (AvgIpc) is 2.85. The van der Waals surface area contributed by atoms with E-state index in [4.69, 9.17) is 5.11 Å². The lowest BCUT2D eigenvalue weighted by atomic mass is 10.1. The zero-order chi connectivity index (χ0) is 13.7. The molecule has 2 N–H and O–H groups in total. The summed E-state index contributed by atoms with van der Waals surface area (Å²) in [5.41, 5.74) is 2.96. The molecule has 104 valence electrons. The minimum Gasteiger partial charge on any atom is -0.480 e. The highest BCUT2D eigenvalue weighted by atomic mass is 32.2. The van der Waals surface area contributed by atoms with Gasteiger partial charge in [0.15, 0.2) is 0 Å². The highest BCUT2D eigenvalue weighted by Gasteiger charge is 2.16. The van der Waals surface area contributed by atoms with Crippen LogP contribution in [0.4, 0.5) is 0 Å². The highest BCUT2D eigenvalue weighted by Crippen LogP contribution is 2.27. The lowest BCUT2D eigenvalue weighted by Crippen LogP contribution is -2.36. The van der Waals surface area contributed by atoms with E-state index in [1.54, 1.807) is 11.8 Å². The molecule has 4 heteroatoms. The second-order valence-corrected chi connectivity index (χ2v) is 6.04. The van der Waals surface area contributed by atoms with Gasteiger partial charge in [-0.3, -0.25) is 4.79 Å². The number of rotatable bonds is 7. The molecule has 3 nitrogen and oxygen atoms in total. The van der Waals surface area contributed by atoms with E-state index in [2.05, 4.69) is 23.5 Å². The lowest BCUT2D eigenvalue weighted by molar-refractivity contribution is -0.139. The van der Waals surface area contributed by atoms with Crippen LogP contribution in [0.15, 0.2) is 23.1 Å². The van der Waals surface area contributed by atoms with Gasteiger partial charge in [0.05, 0.1) is 0 Å². The first-order valence-electron chi connectivity index (χ1n) is 6.91. The van der Waals surface area contributed by atoms with E-state index in [0.29, 0.717) is 13.0 Å². The van der Waals surface area contributed by atoms with Crippen LogP contribution in [-0.2, 0) is 17.6 Å². The van der Waals surface area contributed by atoms with Crippen LogP contribution < -0.4 is 5.32 Å². The number of aliphatic carboxylic acids is 1. The first-order valence-corrected chi connectivity index (χ1v) is 7.90. The molecule has 19 heavy (non-hydrogen) atoms. The van der Waals surface area contributed by atoms with Crippen LogP contribution in [0.25, 0.3) is 0 Å². The quantitative estimate of drug-likeness (QED) is 0.754. The number of hydrogen-bond donors (Lipinski definition) is 2. The number of nitrogens with one attached hydrogen (secondary N) is 1. The minimum absolute atomic E-state index is 0.424. The van der Waals surface area contributed by atoms with Gasteiger partial charge in [-0.2, -0.15) is 0 Å². The number of thioether (sulfide) groups is 1. The predicted molar refractivity (Wildman–Crippen MR) is 78.9 cm³/mol. The van der Waals surface area contributed by atoms with Crippen molar-refractivity contribution < 1.29 is 9.90 Å². The Labute approximate surface area is 118 Å². The number of aryl methyl sites for hydroxylation is 2. The molecule has 0 fully saturated rings. The molecule has 0 amide bonds. The number of hydrogen-bond acceptors (Lipinski definition) is 3. The first kappa shape index (κ1) is 14.4. The van der Waals surface area contributed by atoms with Crippen molar-refractivity contribution in [2.45, 2.75) is 43.5 Å². The molecule has 1 aromatic rings. The third-order valence-electron chi connectivity index (χ3n) is 3.49. The fourth-order valence-electron chi connectivity index (χ4n) is 2.49. The van der Waals surface area contributed by atoms with Crippen LogP contribution in [0.1, 0.15) is 30.9 Å². The van der Waals surface area contributed by atoms with E-state index in [1.807, 2.05) is 6.92 Å². The van der Waals surface area contributed by atoms with Crippen molar-refractivity contribution >= 4 is 17.7 Å². The number of carboxylic acid groups (broad SMARTS) is 1. The number of likely N-dealkylation sites (N-methyl/N-ethyl adjacent to an activating group) is 1. The molecular formula is C15H21NO2S. The number of carboxylic acids is 1. The third-order valence-corrected chi connectivity index (χ3v) is 4.52. The fraction of sp³-hybridized carbons (Fsp3) is 0.533. The van der Waals surface area contributed by atoms with Crippen LogP contribution in [0.5, 0.6) is 0 Å². The summed E-state index contributed by atoms with van der Waals surface area (Å²) >= 11 is 1.75. The Hall–Kier alpha value is -1.00. The summed E-state index contributed by atoms with van der Waals surface area (Å²) in [6.07, 6.45) is 4.33. The molecule has 1 aliphatic carbocycles. The zero-order valence-corrected chi connectivity index (χ0v) is 12.1. The van der Waals surface area contributed by atoms with Gasteiger partial charge in [0.25, 0.3) is 0 Å². The van der Waals surface area contributed by atoms with Gasteiger partial charge in [0.2, 0.25) is 0 Å². The van der Waals surface area contributed by atoms with Crippen molar-refractivity contribution in [1.29, 1.82) is 0 Å². The normalized spacial score (nSPS) is 15.2. The van der Waals surface area contributed by atoms with Gasteiger partial charge < -0.3 is 10.4 Å². The van der Waals surface area contributed by atoms with Gasteiger partial charge in [-0.1, -0.05) is 13.0 Å². The molecular weight excluding hydrogens is 258 g/mol. The second kappa shape index (κ2) is 6.96. The summed E-state index contributed by atoms with van der Waals surface area (Å²) in [6, 6.07) is 6.24. The Kier molecular flexibility index (Phi) is 5.28. The predicted octanol–water partition coefficient (Wildman–Crippen LogP) is 2.72. The molecule has 0 spiro atoms. The van der Waals surface area contributed by atoms with Gasteiger partial charge in [-0.25, -0.2) is 0 Å². The van der Waals surface area contributed by atoms with Crippen LogP contribution in [-0.4, -0.2) is 29.4 Å². The van der Waals surface area contributed by atoms with Crippen molar-refractivity contribution in [3.05, 3.63) is 29.3 Å². The molecule has 1 atom stereocenters. The van der Waals surface area contributed by atoms with Crippen molar-refractivity contribution in [3.8, 4) is 0 Å². The monoisotopic (exact) mass is 279 g/mol. The molecule has 1 aromatic carbocycles. The molecule has 2 rings (SSSR count). The number of carbonyl (C=O) groups is 1. The Morgan fingerprint density at radius 3 is 2.95 bits per heavy atom. The van der Waals surface area contributed by atoms with Gasteiger partial charge >= 0.3 is 5.97 Å². The molecule has 0 saturated heterocycles. The smallest absolute Gasteiger partial charge is 0.320 e. The highest BCUT2D eigenvalue weighted by molar-refractivity contribution is 7.99. The average molecular weight is 279 g/mol. The molecule has 0 aliphatic heterocycles. The Morgan fingerprint density at radius 2 is 2.21 bits per heavy atom. The molecule has 0 heterocycles. The standard InChI is InChI=1S/C15H21NO2S/c1-2-16-14(15(17)18)8-9-19-13-7-6-11-4-3-5-12(11)10-13/h6-7,10,14,16H,2-5,8-9H2,1H3,(H,17,18). The molecule has 0 bridgehead atoms. The zero-order valence-electron chi connectivity index (χ0n) is 11.3. The molecule has 0 aromatic heterocycles. The Morgan fingerprint density at radius 1 is 1.42 bits per heavy atom. The summed E-state index contributed by atoms with van der Waals surface area (Å²) in [4.78, 5) is 12.3. The van der Waals surface area contributed by atoms with Crippen molar-refractivity contribution in [2.24, 2.45) is 0 Å². The fourth-order valence-corrected chi connectivity index (χ4v) is 3.47. The largest absolute Gasteiger partial charge is 0.480 e. The van der Waals surface area contributed by atoms with E-state index >= 15 is 0 Å². The first-order chi connectivity index (χ1) is 9.20. The maximum absolute atomic E-state index is 11.0. The lowest BCUT2D eigenvalue weighted by Gasteiger charge is -2.12. The molecule has 1 aliphatic rings. The van der Waals surface area contributed by atoms with Gasteiger partial charge in [0, 0.05) is 10.6 Å². The topological polar surface area (TPSA) is 49.3 Å². The van der Waals surface area contributed by atoms with Crippen LogP contribution >= 0.6 is 11.8 Å². The van der Waals surface area contributed by atoms with E-state index in [1.165, 1.54) is 35.3 Å². The Balaban J connectivity index is 1.83. The van der Waals surface area contributed by atoms with Gasteiger partial charge in [0.1, 0.15) is 6.04 Å². The van der Waals surface area contributed by atoms with Crippen molar-refractivity contribution in [2.75, 3.05) is 12.3 Å². The summed E-state index contributed by atoms with van der Waals surface area (Å²) in [7, 11) is 0. The van der Waals surface area contributed by atoms with Crippen LogP contribution in [0.3, 0.4) is 0 Å². The summed E-state index contributed by atoms with van der Waals surface area (Å²) in [6.45, 7) is 2.63. The summed E-state index contributed by atoms with van der Waals surface area (Å²) in [5, 5.41) is 12.1. The third kappa shape index (κ3) is 3.98. The molecule has 1 unspecified atom stereocenters. The SMILES string of the molecule is CCNC(CCSc1ccc2c(c1)CCC2)C(=O)O. The van der Waals surface area contributed by atoms with Crippen LogP contribution in [0.2, 0.25) is 0 Å². The van der Waals surface area contributed by atoms with E-state index < -0.39 is 12.0 Å². The molecule has 0 radical (unpaired) electrons. The van der Waals surface area contributed by atoms with Gasteiger partial charge in [-0.05, 0) is 55.5 Å². The van der Waals surface area contributed by atoms with E-state index in [-0.39, 0.29) is 0 Å².